The van der Waals surface area contributed by atoms with Gasteiger partial charge in [0, 0.05) is 22.0 Å². The molecule has 142 valence electrons. The van der Waals surface area contributed by atoms with E-state index in [1.54, 1.807) is 48.5 Å². The SMILES string of the molecule is CC(C)C(NC(=O)c1ccc(Cl)cc1)C(=O)Nc1ccc(NC(N)=O)cc1. The van der Waals surface area contributed by atoms with Gasteiger partial charge in [0.25, 0.3) is 5.91 Å². The van der Waals surface area contributed by atoms with Gasteiger partial charge in [0.2, 0.25) is 5.91 Å². The fourth-order valence-electron chi connectivity index (χ4n) is 2.36. The van der Waals surface area contributed by atoms with Gasteiger partial charge >= 0.3 is 6.03 Å². The normalized spacial score (nSPS) is 11.6. The van der Waals surface area contributed by atoms with Crippen molar-refractivity contribution < 1.29 is 14.4 Å². The first-order valence-electron chi connectivity index (χ1n) is 8.30. The molecular weight excluding hydrogens is 368 g/mol. The molecule has 0 spiro atoms. The van der Waals surface area contributed by atoms with Crippen LogP contribution >= 0.6 is 11.6 Å². The van der Waals surface area contributed by atoms with Crippen molar-refractivity contribution in [1.82, 2.24) is 5.32 Å². The van der Waals surface area contributed by atoms with Crippen molar-refractivity contribution in [2.45, 2.75) is 19.9 Å². The molecule has 0 saturated carbocycles. The van der Waals surface area contributed by atoms with E-state index in [-0.39, 0.29) is 17.7 Å². The Balaban J connectivity index is 2.04. The summed E-state index contributed by atoms with van der Waals surface area (Å²) in [6.45, 7) is 3.68. The number of benzene rings is 2. The minimum Gasteiger partial charge on any atom is -0.351 e. The summed E-state index contributed by atoms with van der Waals surface area (Å²) in [4.78, 5) is 35.8. The van der Waals surface area contributed by atoms with Gasteiger partial charge in [-0.05, 0) is 54.4 Å². The maximum absolute atomic E-state index is 12.6. The van der Waals surface area contributed by atoms with Crippen LogP contribution in [0.5, 0.6) is 0 Å². The molecule has 0 aliphatic rings. The van der Waals surface area contributed by atoms with Crippen LogP contribution in [-0.2, 0) is 4.79 Å². The third-order valence-corrected chi connectivity index (χ3v) is 4.01. The predicted molar refractivity (Wildman–Crippen MR) is 106 cm³/mol. The second-order valence-electron chi connectivity index (χ2n) is 6.26. The zero-order valence-corrected chi connectivity index (χ0v) is 15.7. The average molecular weight is 389 g/mol. The van der Waals surface area contributed by atoms with E-state index in [9.17, 15) is 14.4 Å². The lowest BCUT2D eigenvalue weighted by Crippen LogP contribution is -2.47. The highest BCUT2D eigenvalue weighted by Gasteiger charge is 2.24. The zero-order chi connectivity index (χ0) is 20.0. The van der Waals surface area contributed by atoms with E-state index in [2.05, 4.69) is 16.0 Å². The van der Waals surface area contributed by atoms with Crippen LogP contribution in [0, 0.1) is 5.92 Å². The van der Waals surface area contributed by atoms with Crippen LogP contribution in [0.15, 0.2) is 48.5 Å². The zero-order valence-electron chi connectivity index (χ0n) is 15.0. The number of anilines is 2. The van der Waals surface area contributed by atoms with Crippen molar-refractivity contribution in [3.8, 4) is 0 Å². The number of rotatable bonds is 6. The molecule has 2 rings (SSSR count). The third-order valence-electron chi connectivity index (χ3n) is 3.76. The van der Waals surface area contributed by atoms with Crippen molar-refractivity contribution in [2.24, 2.45) is 11.7 Å². The summed E-state index contributed by atoms with van der Waals surface area (Å²) in [5.41, 5.74) is 6.51. The average Bonchev–Trinajstić information content (AvgIpc) is 2.61. The quantitative estimate of drug-likeness (QED) is 0.609. The van der Waals surface area contributed by atoms with Crippen LogP contribution < -0.4 is 21.7 Å². The highest BCUT2D eigenvalue weighted by molar-refractivity contribution is 6.30. The van der Waals surface area contributed by atoms with E-state index >= 15 is 0 Å². The van der Waals surface area contributed by atoms with Gasteiger partial charge in [-0.1, -0.05) is 25.4 Å². The highest BCUT2D eigenvalue weighted by atomic mass is 35.5. The second-order valence-corrected chi connectivity index (χ2v) is 6.69. The van der Waals surface area contributed by atoms with E-state index in [1.165, 1.54) is 0 Å². The smallest absolute Gasteiger partial charge is 0.316 e. The molecule has 0 radical (unpaired) electrons. The standard InChI is InChI=1S/C19H21ClN4O3/c1-11(2)16(24-17(25)12-3-5-13(20)6-4-12)18(26)22-14-7-9-15(10-8-14)23-19(21)27/h3-11,16H,1-2H3,(H,22,26)(H,24,25)(H3,21,23,27). The third kappa shape index (κ3) is 6.00. The maximum atomic E-state index is 12.6. The number of hydrogen-bond donors (Lipinski definition) is 4. The number of primary amides is 1. The van der Waals surface area contributed by atoms with E-state index in [1.807, 2.05) is 13.8 Å². The highest BCUT2D eigenvalue weighted by Crippen LogP contribution is 2.15. The number of carbonyl (C=O) groups excluding carboxylic acids is 3. The molecule has 5 N–H and O–H groups in total. The molecular formula is C19H21ClN4O3. The number of carbonyl (C=O) groups is 3. The van der Waals surface area contributed by atoms with Gasteiger partial charge in [-0.25, -0.2) is 4.79 Å². The number of amides is 4. The van der Waals surface area contributed by atoms with Crippen LogP contribution in [-0.4, -0.2) is 23.9 Å². The molecule has 0 heterocycles. The maximum Gasteiger partial charge on any atom is 0.316 e. The van der Waals surface area contributed by atoms with E-state index in [4.69, 9.17) is 17.3 Å². The Morgan fingerprint density at radius 1 is 0.889 bits per heavy atom. The number of nitrogens with one attached hydrogen (secondary N) is 3. The number of nitrogens with two attached hydrogens (primary N) is 1. The van der Waals surface area contributed by atoms with Crippen molar-refractivity contribution in [3.63, 3.8) is 0 Å². The molecule has 0 aromatic heterocycles. The lowest BCUT2D eigenvalue weighted by Gasteiger charge is -2.22. The van der Waals surface area contributed by atoms with Crippen molar-refractivity contribution >= 4 is 40.8 Å². The topological polar surface area (TPSA) is 113 Å². The molecule has 27 heavy (non-hydrogen) atoms. The van der Waals surface area contributed by atoms with Gasteiger partial charge in [0.1, 0.15) is 6.04 Å². The molecule has 0 aliphatic carbocycles. The molecule has 0 bridgehead atoms. The Bertz CT molecular complexity index is 820. The van der Waals surface area contributed by atoms with Crippen molar-refractivity contribution in [2.75, 3.05) is 10.6 Å². The molecule has 0 aliphatic heterocycles. The first-order chi connectivity index (χ1) is 12.8. The molecule has 8 heteroatoms. The first kappa shape index (κ1) is 20.3. The number of urea groups is 1. The first-order valence-corrected chi connectivity index (χ1v) is 8.68. The van der Waals surface area contributed by atoms with Gasteiger partial charge in [-0.3, -0.25) is 9.59 Å². The molecule has 7 nitrogen and oxygen atoms in total. The lowest BCUT2D eigenvalue weighted by atomic mass is 10.0. The summed E-state index contributed by atoms with van der Waals surface area (Å²) in [6.07, 6.45) is 0. The summed E-state index contributed by atoms with van der Waals surface area (Å²) in [6, 6.07) is 11.5. The molecule has 2 aromatic rings. The Hall–Kier alpha value is -3.06. The molecule has 0 fully saturated rings. The van der Waals surface area contributed by atoms with Crippen LogP contribution in [0.25, 0.3) is 0 Å². The summed E-state index contributed by atoms with van der Waals surface area (Å²) < 4.78 is 0. The fourth-order valence-corrected chi connectivity index (χ4v) is 2.49. The summed E-state index contributed by atoms with van der Waals surface area (Å²) in [5, 5.41) is 8.45. The Morgan fingerprint density at radius 3 is 1.89 bits per heavy atom. The molecule has 2 aromatic carbocycles. The lowest BCUT2D eigenvalue weighted by molar-refractivity contribution is -0.118. The molecule has 1 unspecified atom stereocenters. The van der Waals surface area contributed by atoms with Gasteiger partial charge in [0.15, 0.2) is 0 Å². The Kier molecular flexibility index (Phi) is 6.79. The largest absolute Gasteiger partial charge is 0.351 e. The Morgan fingerprint density at radius 2 is 1.41 bits per heavy atom. The van der Waals surface area contributed by atoms with E-state index < -0.39 is 12.1 Å². The monoisotopic (exact) mass is 388 g/mol. The molecule has 0 saturated heterocycles. The van der Waals surface area contributed by atoms with Crippen LogP contribution in [0.2, 0.25) is 5.02 Å². The predicted octanol–water partition coefficient (Wildman–Crippen LogP) is 3.22. The van der Waals surface area contributed by atoms with Gasteiger partial charge in [-0.2, -0.15) is 0 Å². The van der Waals surface area contributed by atoms with Crippen LogP contribution in [0.3, 0.4) is 0 Å². The van der Waals surface area contributed by atoms with Gasteiger partial charge in [0.05, 0.1) is 0 Å². The second kappa shape index (κ2) is 9.05. The van der Waals surface area contributed by atoms with Crippen molar-refractivity contribution in [3.05, 3.63) is 59.1 Å². The Labute approximate surface area is 162 Å². The minimum atomic E-state index is -0.725. The van der Waals surface area contributed by atoms with E-state index in [0.717, 1.165) is 0 Å². The summed E-state index contributed by atoms with van der Waals surface area (Å²) in [5.74, 6) is -0.832. The van der Waals surface area contributed by atoms with Crippen molar-refractivity contribution in [1.29, 1.82) is 0 Å². The van der Waals surface area contributed by atoms with Gasteiger partial charge in [-0.15, -0.1) is 0 Å². The van der Waals surface area contributed by atoms with Gasteiger partial charge < -0.3 is 21.7 Å². The van der Waals surface area contributed by atoms with Crippen LogP contribution in [0.1, 0.15) is 24.2 Å². The minimum absolute atomic E-state index is 0.128. The number of halogens is 1. The van der Waals surface area contributed by atoms with E-state index in [0.29, 0.717) is 22.0 Å². The molecule has 1 atom stereocenters. The fraction of sp³-hybridized carbons (Fsp3) is 0.211. The molecule has 4 amide bonds. The number of hydrogen-bond acceptors (Lipinski definition) is 3. The van der Waals surface area contributed by atoms with Crippen LogP contribution in [0.4, 0.5) is 16.2 Å². The summed E-state index contributed by atoms with van der Waals surface area (Å²) in [7, 11) is 0. The summed E-state index contributed by atoms with van der Waals surface area (Å²) >= 11 is 5.83.